The molecule has 0 aliphatic rings. The summed E-state index contributed by atoms with van der Waals surface area (Å²) in [5, 5.41) is 3.88. The molecule has 0 aliphatic heterocycles. The monoisotopic (exact) mass is 256 g/mol. The van der Waals surface area contributed by atoms with Gasteiger partial charge in [0.25, 0.3) is 0 Å². The molecule has 5 heteroatoms. The van der Waals surface area contributed by atoms with Crippen LogP contribution < -0.4 is 5.32 Å². The minimum Gasteiger partial charge on any atom is -0.368 e. The molecule has 1 unspecified atom stereocenters. The Morgan fingerprint density at radius 1 is 1.29 bits per heavy atom. The first-order valence-corrected chi connectivity index (χ1v) is 6.22. The molecule has 4 nitrogen and oxygen atoms in total. The van der Waals surface area contributed by atoms with E-state index in [9.17, 15) is 0 Å². The van der Waals surface area contributed by atoms with Gasteiger partial charge in [0.05, 0.1) is 0 Å². The largest absolute Gasteiger partial charge is 0.368 e. The Morgan fingerprint density at radius 2 is 1.94 bits per heavy atom. The second-order valence-electron chi connectivity index (χ2n) is 4.77. The van der Waals surface area contributed by atoms with Crippen molar-refractivity contribution in [3.63, 3.8) is 0 Å². The zero-order chi connectivity index (χ0) is 13.0. The molecule has 1 aromatic rings. The minimum absolute atomic E-state index is 0.306. The Kier molecular flexibility index (Phi) is 5.15. The van der Waals surface area contributed by atoms with Gasteiger partial charge >= 0.3 is 0 Å². The predicted octanol–water partition coefficient (Wildman–Crippen LogP) is 2.62. The molecule has 0 aromatic carbocycles. The predicted molar refractivity (Wildman–Crippen MR) is 72.8 cm³/mol. The van der Waals surface area contributed by atoms with Gasteiger partial charge in [0.2, 0.25) is 0 Å². The lowest BCUT2D eigenvalue weighted by Gasteiger charge is -2.21. The molecular formula is C12H21ClN4. The van der Waals surface area contributed by atoms with Crippen molar-refractivity contribution < 1.29 is 0 Å². The zero-order valence-corrected chi connectivity index (χ0v) is 11.9. The molecule has 1 rings (SSSR count). The molecule has 0 fully saturated rings. The SMILES string of the molecule is CC(C)c1c(Cl)ncnc1NCC(C)N(C)C. The van der Waals surface area contributed by atoms with Crippen LogP contribution in [0, 0.1) is 0 Å². The average molecular weight is 257 g/mol. The number of hydrogen-bond acceptors (Lipinski definition) is 4. The first-order valence-electron chi connectivity index (χ1n) is 5.84. The van der Waals surface area contributed by atoms with Crippen molar-refractivity contribution in [2.75, 3.05) is 26.0 Å². The molecule has 0 spiro atoms. The standard InChI is InChI=1S/C12H21ClN4/c1-8(2)10-11(13)15-7-16-12(10)14-6-9(3)17(4)5/h7-9H,6H2,1-5H3,(H,14,15,16). The van der Waals surface area contributed by atoms with Crippen molar-refractivity contribution in [1.29, 1.82) is 0 Å². The lowest BCUT2D eigenvalue weighted by Crippen LogP contribution is -2.32. The van der Waals surface area contributed by atoms with Gasteiger partial charge in [-0.25, -0.2) is 9.97 Å². The summed E-state index contributed by atoms with van der Waals surface area (Å²) >= 11 is 6.10. The first-order chi connectivity index (χ1) is 7.93. The summed E-state index contributed by atoms with van der Waals surface area (Å²) in [7, 11) is 4.12. The summed E-state index contributed by atoms with van der Waals surface area (Å²) in [5.74, 6) is 1.15. The molecule has 1 atom stereocenters. The molecule has 1 aromatic heterocycles. The number of nitrogens with zero attached hydrogens (tertiary/aromatic N) is 3. The molecule has 0 amide bonds. The molecule has 96 valence electrons. The van der Waals surface area contributed by atoms with Gasteiger partial charge in [-0.3, -0.25) is 0 Å². The third kappa shape index (κ3) is 3.82. The third-order valence-corrected chi connectivity index (χ3v) is 3.16. The maximum Gasteiger partial charge on any atom is 0.138 e. The van der Waals surface area contributed by atoms with Crippen LogP contribution in [0.4, 0.5) is 5.82 Å². The number of nitrogens with one attached hydrogen (secondary N) is 1. The smallest absolute Gasteiger partial charge is 0.138 e. The summed E-state index contributed by atoms with van der Waals surface area (Å²) in [6.07, 6.45) is 1.50. The van der Waals surface area contributed by atoms with E-state index in [-0.39, 0.29) is 0 Å². The maximum atomic E-state index is 6.10. The molecule has 1 N–H and O–H groups in total. The Morgan fingerprint density at radius 3 is 2.47 bits per heavy atom. The molecular weight excluding hydrogens is 236 g/mol. The Labute approximate surface area is 108 Å². The quantitative estimate of drug-likeness (QED) is 0.823. The highest BCUT2D eigenvalue weighted by atomic mass is 35.5. The summed E-state index contributed by atoms with van der Waals surface area (Å²) in [6, 6.07) is 0.434. The van der Waals surface area contributed by atoms with Crippen LogP contribution in [0.3, 0.4) is 0 Å². The number of hydrogen-bond donors (Lipinski definition) is 1. The van der Waals surface area contributed by atoms with Crippen LogP contribution in [-0.2, 0) is 0 Å². The molecule has 0 bridgehead atoms. The minimum atomic E-state index is 0.306. The van der Waals surface area contributed by atoms with E-state index in [1.165, 1.54) is 6.33 Å². The van der Waals surface area contributed by atoms with Crippen LogP contribution in [0.25, 0.3) is 0 Å². The van der Waals surface area contributed by atoms with Gasteiger partial charge in [0, 0.05) is 18.2 Å². The molecule has 0 aliphatic carbocycles. The van der Waals surface area contributed by atoms with Crippen molar-refractivity contribution in [1.82, 2.24) is 14.9 Å². The fourth-order valence-corrected chi connectivity index (χ4v) is 1.80. The zero-order valence-electron chi connectivity index (χ0n) is 11.2. The van der Waals surface area contributed by atoms with Crippen LogP contribution in [0.1, 0.15) is 32.3 Å². The van der Waals surface area contributed by atoms with Crippen LogP contribution >= 0.6 is 11.6 Å². The number of likely N-dealkylation sites (N-methyl/N-ethyl adjacent to an activating group) is 1. The molecule has 1 heterocycles. The highest BCUT2D eigenvalue weighted by molar-refractivity contribution is 6.30. The first kappa shape index (κ1) is 14.2. The summed E-state index contributed by atoms with van der Waals surface area (Å²) < 4.78 is 0. The summed E-state index contributed by atoms with van der Waals surface area (Å²) in [6.45, 7) is 7.17. The van der Waals surface area contributed by atoms with Gasteiger partial charge < -0.3 is 10.2 Å². The van der Waals surface area contributed by atoms with Crippen molar-refractivity contribution >= 4 is 17.4 Å². The van der Waals surface area contributed by atoms with Crippen molar-refractivity contribution in [2.45, 2.75) is 32.7 Å². The molecule has 17 heavy (non-hydrogen) atoms. The van der Waals surface area contributed by atoms with Crippen LogP contribution in [0.5, 0.6) is 0 Å². The van der Waals surface area contributed by atoms with E-state index in [4.69, 9.17) is 11.6 Å². The third-order valence-electron chi connectivity index (χ3n) is 2.86. The van der Waals surface area contributed by atoms with Crippen LogP contribution in [0.15, 0.2) is 6.33 Å². The van der Waals surface area contributed by atoms with E-state index in [0.29, 0.717) is 17.1 Å². The Hall–Kier alpha value is -0.870. The van der Waals surface area contributed by atoms with E-state index in [1.807, 2.05) is 0 Å². The normalized spacial score (nSPS) is 13.2. The number of anilines is 1. The van der Waals surface area contributed by atoms with Gasteiger partial charge in [-0.1, -0.05) is 25.4 Å². The molecule has 0 saturated carbocycles. The topological polar surface area (TPSA) is 41.1 Å². The molecule has 0 radical (unpaired) electrons. The highest BCUT2D eigenvalue weighted by Gasteiger charge is 2.14. The van der Waals surface area contributed by atoms with Gasteiger partial charge in [-0.05, 0) is 26.9 Å². The van der Waals surface area contributed by atoms with Gasteiger partial charge in [-0.15, -0.1) is 0 Å². The fourth-order valence-electron chi connectivity index (χ4n) is 1.45. The van der Waals surface area contributed by atoms with Crippen LogP contribution in [0.2, 0.25) is 5.15 Å². The summed E-state index contributed by atoms with van der Waals surface area (Å²) in [4.78, 5) is 10.5. The van der Waals surface area contributed by atoms with Crippen molar-refractivity contribution in [2.24, 2.45) is 0 Å². The van der Waals surface area contributed by atoms with E-state index >= 15 is 0 Å². The maximum absolute atomic E-state index is 6.10. The lowest BCUT2D eigenvalue weighted by atomic mass is 10.1. The van der Waals surface area contributed by atoms with Crippen molar-refractivity contribution in [3.8, 4) is 0 Å². The average Bonchev–Trinajstić information content (AvgIpc) is 2.24. The Balaban J connectivity index is 2.81. The van der Waals surface area contributed by atoms with Gasteiger partial charge in [0.1, 0.15) is 17.3 Å². The Bertz CT molecular complexity index is 366. The lowest BCUT2D eigenvalue weighted by molar-refractivity contribution is 0.326. The highest BCUT2D eigenvalue weighted by Crippen LogP contribution is 2.27. The van der Waals surface area contributed by atoms with E-state index in [0.717, 1.165) is 17.9 Å². The second-order valence-corrected chi connectivity index (χ2v) is 5.13. The van der Waals surface area contributed by atoms with Crippen molar-refractivity contribution in [3.05, 3.63) is 17.0 Å². The van der Waals surface area contributed by atoms with Gasteiger partial charge in [-0.2, -0.15) is 0 Å². The van der Waals surface area contributed by atoms with E-state index < -0.39 is 0 Å². The summed E-state index contributed by atoms with van der Waals surface area (Å²) in [5.41, 5.74) is 0.986. The molecule has 0 saturated heterocycles. The van der Waals surface area contributed by atoms with E-state index in [2.05, 4.69) is 55.1 Å². The second kappa shape index (κ2) is 6.17. The van der Waals surface area contributed by atoms with Crippen LogP contribution in [-0.4, -0.2) is 41.5 Å². The van der Waals surface area contributed by atoms with Gasteiger partial charge in [0.15, 0.2) is 0 Å². The number of aromatic nitrogens is 2. The fraction of sp³-hybridized carbons (Fsp3) is 0.667. The number of halogens is 1. The number of rotatable bonds is 5. The van der Waals surface area contributed by atoms with E-state index in [1.54, 1.807) is 0 Å².